The fourth-order valence-corrected chi connectivity index (χ4v) is 3.90. The molecule has 4 rings (SSSR count). The molecule has 134 valence electrons. The zero-order valence-electron chi connectivity index (χ0n) is 15.6. The van der Waals surface area contributed by atoms with Crippen molar-refractivity contribution in [2.75, 3.05) is 18.0 Å². The lowest BCUT2D eigenvalue weighted by atomic mass is 9.92. The van der Waals surface area contributed by atoms with Crippen LogP contribution >= 0.6 is 0 Å². The number of para-hydroxylation sites is 1. The quantitative estimate of drug-likeness (QED) is 0.715. The van der Waals surface area contributed by atoms with Gasteiger partial charge in [-0.2, -0.15) is 5.10 Å². The minimum absolute atomic E-state index is 0.675. The number of piperidine rings is 1. The molecule has 0 amide bonds. The molecule has 0 radical (unpaired) electrons. The number of hydrogen-bond acceptors (Lipinski definition) is 4. The van der Waals surface area contributed by atoms with E-state index < -0.39 is 0 Å². The van der Waals surface area contributed by atoms with Crippen LogP contribution in [0.5, 0.6) is 0 Å². The van der Waals surface area contributed by atoms with Gasteiger partial charge in [-0.3, -0.25) is 0 Å². The van der Waals surface area contributed by atoms with Gasteiger partial charge in [0, 0.05) is 31.0 Å². The predicted octanol–water partition coefficient (Wildman–Crippen LogP) is 4.12. The highest BCUT2D eigenvalue weighted by molar-refractivity contribution is 5.62. The normalized spacial score (nSPS) is 20.3. The SMILES string of the molecule is Cc1nn(-c2ccccc2)cc1-c1ccnc(N2CC(C)CC(C)C2)n1. The van der Waals surface area contributed by atoms with Crippen LogP contribution in [0.15, 0.2) is 48.8 Å². The first-order chi connectivity index (χ1) is 12.6. The lowest BCUT2D eigenvalue weighted by molar-refractivity contribution is 0.353. The van der Waals surface area contributed by atoms with E-state index in [0.717, 1.165) is 41.7 Å². The van der Waals surface area contributed by atoms with Crippen LogP contribution in [0.4, 0.5) is 5.95 Å². The molecule has 0 saturated carbocycles. The maximum absolute atomic E-state index is 4.86. The lowest BCUT2D eigenvalue weighted by Gasteiger charge is -2.35. The van der Waals surface area contributed by atoms with E-state index in [1.54, 1.807) is 0 Å². The third kappa shape index (κ3) is 3.34. The number of nitrogens with zero attached hydrogens (tertiary/aromatic N) is 5. The van der Waals surface area contributed by atoms with Gasteiger partial charge in [0.05, 0.1) is 17.1 Å². The number of aromatic nitrogens is 4. The van der Waals surface area contributed by atoms with E-state index in [1.807, 2.05) is 42.1 Å². The summed E-state index contributed by atoms with van der Waals surface area (Å²) in [6.07, 6.45) is 5.19. The molecule has 1 aliphatic heterocycles. The molecule has 1 saturated heterocycles. The molecule has 1 aliphatic rings. The standard InChI is InChI=1S/C21H25N5/c1-15-11-16(2)13-25(12-15)21-22-10-9-20(23-21)19-14-26(24-17(19)3)18-7-5-4-6-8-18/h4-10,14-16H,11-13H2,1-3H3. The Kier molecular flexibility index (Phi) is 4.45. The molecule has 2 aromatic heterocycles. The maximum Gasteiger partial charge on any atom is 0.225 e. The molecule has 1 fully saturated rings. The fraction of sp³-hybridized carbons (Fsp3) is 0.381. The zero-order valence-corrected chi connectivity index (χ0v) is 15.6. The van der Waals surface area contributed by atoms with Gasteiger partial charge >= 0.3 is 0 Å². The van der Waals surface area contributed by atoms with Gasteiger partial charge in [0.15, 0.2) is 0 Å². The lowest BCUT2D eigenvalue weighted by Crippen LogP contribution is -2.39. The third-order valence-electron chi connectivity index (χ3n) is 4.99. The van der Waals surface area contributed by atoms with Crippen LogP contribution in [-0.2, 0) is 0 Å². The largest absolute Gasteiger partial charge is 0.340 e. The van der Waals surface area contributed by atoms with Crippen molar-refractivity contribution in [3.05, 3.63) is 54.5 Å². The van der Waals surface area contributed by atoms with Gasteiger partial charge in [-0.15, -0.1) is 0 Å². The number of anilines is 1. The summed E-state index contributed by atoms with van der Waals surface area (Å²) in [5, 5.41) is 4.67. The van der Waals surface area contributed by atoms with Crippen LogP contribution in [0.25, 0.3) is 16.9 Å². The van der Waals surface area contributed by atoms with Crippen molar-refractivity contribution in [2.45, 2.75) is 27.2 Å². The van der Waals surface area contributed by atoms with Gasteiger partial charge in [0.25, 0.3) is 0 Å². The Morgan fingerprint density at radius 3 is 2.46 bits per heavy atom. The molecule has 1 aromatic carbocycles. The Morgan fingerprint density at radius 2 is 1.73 bits per heavy atom. The van der Waals surface area contributed by atoms with Crippen molar-refractivity contribution < 1.29 is 0 Å². The van der Waals surface area contributed by atoms with Crippen LogP contribution in [-0.4, -0.2) is 32.8 Å². The van der Waals surface area contributed by atoms with Gasteiger partial charge in [-0.05, 0) is 43.4 Å². The molecule has 0 spiro atoms. The third-order valence-corrected chi connectivity index (χ3v) is 4.99. The minimum Gasteiger partial charge on any atom is -0.340 e. The molecule has 3 aromatic rings. The Labute approximate surface area is 154 Å². The van der Waals surface area contributed by atoms with Crippen LogP contribution < -0.4 is 4.90 Å². The summed E-state index contributed by atoms with van der Waals surface area (Å²) in [5.74, 6) is 2.18. The second-order valence-corrected chi connectivity index (χ2v) is 7.50. The summed E-state index contributed by atoms with van der Waals surface area (Å²) in [7, 11) is 0. The van der Waals surface area contributed by atoms with E-state index in [-0.39, 0.29) is 0 Å². The zero-order chi connectivity index (χ0) is 18.1. The maximum atomic E-state index is 4.86. The first-order valence-corrected chi connectivity index (χ1v) is 9.30. The first-order valence-electron chi connectivity index (χ1n) is 9.30. The number of aryl methyl sites for hydroxylation is 1. The molecule has 5 nitrogen and oxygen atoms in total. The molecule has 2 unspecified atom stereocenters. The summed E-state index contributed by atoms with van der Waals surface area (Å²) in [5.41, 5.74) is 4.00. The van der Waals surface area contributed by atoms with Crippen molar-refractivity contribution >= 4 is 5.95 Å². The van der Waals surface area contributed by atoms with E-state index >= 15 is 0 Å². The Morgan fingerprint density at radius 1 is 1.00 bits per heavy atom. The highest BCUT2D eigenvalue weighted by Gasteiger charge is 2.24. The van der Waals surface area contributed by atoms with Crippen molar-refractivity contribution in [3.8, 4) is 16.9 Å². The van der Waals surface area contributed by atoms with E-state index in [0.29, 0.717) is 11.8 Å². The van der Waals surface area contributed by atoms with Crippen LogP contribution in [0.3, 0.4) is 0 Å². The topological polar surface area (TPSA) is 46.8 Å². The van der Waals surface area contributed by atoms with Crippen LogP contribution in [0.2, 0.25) is 0 Å². The van der Waals surface area contributed by atoms with Gasteiger partial charge in [-0.1, -0.05) is 32.0 Å². The molecule has 0 bridgehead atoms. The van der Waals surface area contributed by atoms with E-state index in [2.05, 4.69) is 47.2 Å². The Hall–Kier alpha value is -2.69. The van der Waals surface area contributed by atoms with Gasteiger partial charge in [-0.25, -0.2) is 14.6 Å². The first kappa shape index (κ1) is 16.8. The number of rotatable bonds is 3. The van der Waals surface area contributed by atoms with Crippen molar-refractivity contribution in [1.82, 2.24) is 19.7 Å². The van der Waals surface area contributed by atoms with Crippen molar-refractivity contribution in [2.24, 2.45) is 11.8 Å². The Balaban J connectivity index is 1.66. The Bertz CT molecular complexity index is 876. The fourth-order valence-electron chi connectivity index (χ4n) is 3.90. The van der Waals surface area contributed by atoms with Gasteiger partial charge in [0.1, 0.15) is 0 Å². The number of hydrogen-bond donors (Lipinski definition) is 0. The molecule has 3 heterocycles. The monoisotopic (exact) mass is 347 g/mol. The predicted molar refractivity (Wildman–Crippen MR) is 104 cm³/mol. The van der Waals surface area contributed by atoms with Gasteiger partial charge in [0.2, 0.25) is 5.95 Å². The average molecular weight is 347 g/mol. The summed E-state index contributed by atoms with van der Waals surface area (Å²) < 4.78 is 1.91. The van der Waals surface area contributed by atoms with Crippen molar-refractivity contribution in [3.63, 3.8) is 0 Å². The molecule has 2 atom stereocenters. The molecule has 26 heavy (non-hydrogen) atoms. The molecule has 0 aliphatic carbocycles. The summed E-state index contributed by atoms with van der Waals surface area (Å²) in [4.78, 5) is 11.7. The summed E-state index contributed by atoms with van der Waals surface area (Å²) in [6, 6.07) is 12.1. The van der Waals surface area contributed by atoms with Crippen LogP contribution in [0, 0.1) is 18.8 Å². The molecule has 0 N–H and O–H groups in total. The highest BCUT2D eigenvalue weighted by Crippen LogP contribution is 2.27. The van der Waals surface area contributed by atoms with Gasteiger partial charge < -0.3 is 4.90 Å². The minimum atomic E-state index is 0.675. The second-order valence-electron chi connectivity index (χ2n) is 7.50. The smallest absolute Gasteiger partial charge is 0.225 e. The van der Waals surface area contributed by atoms with E-state index in [1.165, 1.54) is 6.42 Å². The second kappa shape index (κ2) is 6.90. The van der Waals surface area contributed by atoms with E-state index in [9.17, 15) is 0 Å². The average Bonchev–Trinajstić information content (AvgIpc) is 3.04. The summed E-state index contributed by atoms with van der Waals surface area (Å²) in [6.45, 7) is 8.69. The number of benzene rings is 1. The molecular weight excluding hydrogens is 322 g/mol. The molecular formula is C21H25N5. The highest BCUT2D eigenvalue weighted by atomic mass is 15.3. The summed E-state index contributed by atoms with van der Waals surface area (Å²) >= 11 is 0. The van der Waals surface area contributed by atoms with Crippen LogP contribution in [0.1, 0.15) is 26.0 Å². The van der Waals surface area contributed by atoms with Crippen molar-refractivity contribution in [1.29, 1.82) is 0 Å². The molecule has 5 heteroatoms. The van der Waals surface area contributed by atoms with E-state index in [4.69, 9.17) is 4.98 Å².